The lowest BCUT2D eigenvalue weighted by molar-refractivity contribution is -0.496. The maximum atomic E-state index is 9.29. The first kappa shape index (κ1) is 8.36. The molecule has 70 valence electrons. The summed E-state index contributed by atoms with van der Waals surface area (Å²) in [6.07, 6.45) is -4.60. The Kier molecular flexibility index (Phi) is 1.66. The molecule has 3 saturated heterocycles. The molecule has 0 aromatic heterocycles. The number of aliphatic hydroxyl groups excluding tert-OH is 4. The molecule has 0 radical (unpaired) electrons. The number of rotatable bonds is 1. The van der Waals surface area contributed by atoms with Crippen molar-refractivity contribution in [3.8, 4) is 0 Å². The summed E-state index contributed by atoms with van der Waals surface area (Å²) in [5.74, 6) is -1.52. The molecule has 3 aliphatic heterocycles. The molecule has 3 aliphatic rings. The highest BCUT2D eigenvalue weighted by Crippen LogP contribution is 2.42. The Morgan fingerprint density at radius 2 is 1.83 bits per heavy atom. The van der Waals surface area contributed by atoms with Crippen LogP contribution in [0.2, 0.25) is 0 Å². The van der Waals surface area contributed by atoms with Crippen LogP contribution in [0.25, 0.3) is 0 Å². The second kappa shape index (κ2) is 2.38. The topological polar surface area (TPSA) is 99.4 Å². The summed E-state index contributed by atoms with van der Waals surface area (Å²) in [6.45, 7) is -0.547. The van der Waals surface area contributed by atoms with Crippen molar-refractivity contribution in [2.45, 2.75) is 30.4 Å². The minimum atomic E-state index is -1.52. The van der Waals surface area contributed by atoms with E-state index in [1.165, 1.54) is 0 Å². The molecule has 3 unspecified atom stereocenters. The zero-order valence-corrected chi connectivity index (χ0v) is 6.12. The van der Waals surface area contributed by atoms with Crippen LogP contribution in [0.15, 0.2) is 0 Å². The Labute approximate surface area is 68.0 Å². The third-order valence-electron chi connectivity index (χ3n) is 2.27. The molecule has 6 nitrogen and oxygen atoms in total. The maximum Gasteiger partial charge on any atom is 0.224 e. The maximum absolute atomic E-state index is 9.29. The van der Waals surface area contributed by atoms with Gasteiger partial charge in [-0.25, -0.2) is 0 Å². The number of ether oxygens (including phenoxy) is 2. The molecule has 4 N–H and O–H groups in total. The fourth-order valence-electron chi connectivity index (χ4n) is 1.50. The van der Waals surface area contributed by atoms with E-state index in [4.69, 9.17) is 24.8 Å². The first-order valence-electron chi connectivity index (χ1n) is 3.61. The second-order valence-corrected chi connectivity index (χ2v) is 3.00. The number of fused-ring (bicyclic) bond motifs is 2. The summed E-state index contributed by atoms with van der Waals surface area (Å²) < 4.78 is 9.57. The Hall–Kier alpha value is -0.240. The van der Waals surface area contributed by atoms with Crippen LogP contribution in [0.3, 0.4) is 0 Å². The van der Waals surface area contributed by atoms with Crippen LogP contribution in [-0.2, 0) is 9.47 Å². The van der Waals surface area contributed by atoms with Crippen LogP contribution in [0.4, 0.5) is 0 Å². The lowest BCUT2D eigenvalue weighted by Crippen LogP contribution is -2.78. The number of aliphatic hydroxyl groups is 4. The highest BCUT2D eigenvalue weighted by Gasteiger charge is 2.65. The van der Waals surface area contributed by atoms with Crippen molar-refractivity contribution < 1.29 is 29.9 Å². The highest BCUT2D eigenvalue weighted by molar-refractivity contribution is 5.04. The van der Waals surface area contributed by atoms with Gasteiger partial charge >= 0.3 is 0 Å². The Balaban J connectivity index is 2.15. The molecule has 0 amide bonds. The van der Waals surface area contributed by atoms with E-state index in [1.807, 2.05) is 0 Å². The van der Waals surface area contributed by atoms with Crippen LogP contribution >= 0.6 is 0 Å². The normalized spacial score (nSPS) is 58.0. The van der Waals surface area contributed by atoms with Crippen molar-refractivity contribution >= 4 is 0 Å². The van der Waals surface area contributed by atoms with Crippen LogP contribution < -0.4 is 0 Å². The van der Waals surface area contributed by atoms with Gasteiger partial charge in [-0.1, -0.05) is 0 Å². The van der Waals surface area contributed by atoms with E-state index in [9.17, 15) is 5.11 Å². The molecule has 0 spiro atoms. The fraction of sp³-hybridized carbons (Fsp3) is 1.00. The third-order valence-corrected chi connectivity index (χ3v) is 2.27. The van der Waals surface area contributed by atoms with E-state index < -0.39 is 37.0 Å². The zero-order valence-electron chi connectivity index (χ0n) is 6.12. The Morgan fingerprint density at radius 3 is 2.33 bits per heavy atom. The molecular formula is C6H10O6. The quantitative estimate of drug-likeness (QED) is 0.345. The second-order valence-electron chi connectivity index (χ2n) is 3.00. The van der Waals surface area contributed by atoms with Crippen molar-refractivity contribution in [2.75, 3.05) is 6.61 Å². The van der Waals surface area contributed by atoms with Gasteiger partial charge in [0, 0.05) is 0 Å². The standard InChI is InChI=1S/C6H10O6/c7-1-6-4(9)3(11-6)2(8)5(10)12-6/h2-5,7-10H,1H2/t2?,3?,4-,5-,6?/m1/s1. The van der Waals surface area contributed by atoms with Crippen LogP contribution in [0.1, 0.15) is 0 Å². The lowest BCUT2D eigenvalue weighted by Gasteiger charge is -2.57. The molecule has 0 aliphatic carbocycles. The molecule has 0 aromatic rings. The molecule has 0 aromatic carbocycles. The summed E-state index contributed by atoms with van der Waals surface area (Å²) in [5.41, 5.74) is 0. The zero-order chi connectivity index (χ0) is 8.93. The first-order chi connectivity index (χ1) is 5.60. The molecule has 2 bridgehead atoms. The summed E-state index contributed by atoms with van der Waals surface area (Å²) in [7, 11) is 0. The molecule has 3 heterocycles. The predicted molar refractivity (Wildman–Crippen MR) is 33.8 cm³/mol. The largest absolute Gasteiger partial charge is 0.391 e. The first-order valence-corrected chi connectivity index (χ1v) is 3.61. The van der Waals surface area contributed by atoms with Crippen molar-refractivity contribution in [1.82, 2.24) is 0 Å². The average Bonchev–Trinajstić information content (AvgIpc) is 2.07. The molecule has 3 fully saturated rings. The predicted octanol–water partition coefficient (Wildman–Crippen LogP) is -2.86. The van der Waals surface area contributed by atoms with Gasteiger partial charge in [-0.15, -0.1) is 0 Å². The minimum Gasteiger partial charge on any atom is -0.391 e. The molecule has 6 heteroatoms. The highest BCUT2D eigenvalue weighted by atomic mass is 16.8. The van der Waals surface area contributed by atoms with Gasteiger partial charge in [-0.3, -0.25) is 0 Å². The monoisotopic (exact) mass is 178 g/mol. The number of hydrogen-bond donors (Lipinski definition) is 4. The van der Waals surface area contributed by atoms with Gasteiger partial charge in [0.05, 0.1) is 0 Å². The van der Waals surface area contributed by atoms with E-state index in [0.29, 0.717) is 0 Å². The van der Waals surface area contributed by atoms with Gasteiger partial charge in [0.2, 0.25) is 5.79 Å². The van der Waals surface area contributed by atoms with E-state index in [-0.39, 0.29) is 0 Å². The van der Waals surface area contributed by atoms with Crippen LogP contribution in [0, 0.1) is 0 Å². The third kappa shape index (κ3) is 0.792. The SMILES string of the molecule is OCC12OC(C(O)[C@H](O)O1)[C@H]2O. The molecule has 5 atom stereocenters. The summed E-state index contributed by atoms with van der Waals surface area (Å²) >= 11 is 0. The fourth-order valence-corrected chi connectivity index (χ4v) is 1.50. The molecule has 0 saturated carbocycles. The molecular weight excluding hydrogens is 168 g/mol. The van der Waals surface area contributed by atoms with Gasteiger partial charge in [-0.05, 0) is 0 Å². The lowest BCUT2D eigenvalue weighted by atomic mass is 9.89. The van der Waals surface area contributed by atoms with Gasteiger partial charge in [0.1, 0.15) is 24.9 Å². The van der Waals surface area contributed by atoms with E-state index in [1.54, 1.807) is 0 Å². The van der Waals surface area contributed by atoms with Gasteiger partial charge in [-0.2, -0.15) is 0 Å². The average molecular weight is 178 g/mol. The van der Waals surface area contributed by atoms with Crippen LogP contribution in [-0.4, -0.2) is 57.4 Å². The van der Waals surface area contributed by atoms with E-state index in [2.05, 4.69) is 0 Å². The summed E-state index contributed by atoms with van der Waals surface area (Å²) in [5, 5.41) is 36.2. The van der Waals surface area contributed by atoms with Crippen molar-refractivity contribution in [1.29, 1.82) is 0 Å². The Morgan fingerprint density at radius 1 is 1.17 bits per heavy atom. The van der Waals surface area contributed by atoms with Crippen molar-refractivity contribution in [3.63, 3.8) is 0 Å². The number of hydrogen-bond acceptors (Lipinski definition) is 6. The van der Waals surface area contributed by atoms with E-state index in [0.717, 1.165) is 0 Å². The minimum absolute atomic E-state index is 0.547. The van der Waals surface area contributed by atoms with Crippen LogP contribution in [0.5, 0.6) is 0 Å². The van der Waals surface area contributed by atoms with Gasteiger partial charge in [0.25, 0.3) is 0 Å². The van der Waals surface area contributed by atoms with E-state index >= 15 is 0 Å². The Bertz CT molecular complexity index is 196. The van der Waals surface area contributed by atoms with Gasteiger partial charge < -0.3 is 29.9 Å². The van der Waals surface area contributed by atoms with Crippen molar-refractivity contribution in [3.05, 3.63) is 0 Å². The summed E-state index contributed by atoms with van der Waals surface area (Å²) in [4.78, 5) is 0. The summed E-state index contributed by atoms with van der Waals surface area (Å²) in [6, 6.07) is 0. The van der Waals surface area contributed by atoms with Gasteiger partial charge in [0.15, 0.2) is 6.29 Å². The molecule has 3 rings (SSSR count). The smallest absolute Gasteiger partial charge is 0.224 e. The van der Waals surface area contributed by atoms with Crippen molar-refractivity contribution in [2.24, 2.45) is 0 Å². The molecule has 12 heavy (non-hydrogen) atoms.